The molecule has 0 unspecified atom stereocenters. The molecule has 90 valence electrons. The predicted octanol–water partition coefficient (Wildman–Crippen LogP) is 2.69. The highest BCUT2D eigenvalue weighted by Crippen LogP contribution is 2.19. The van der Waals surface area contributed by atoms with Gasteiger partial charge in [-0.2, -0.15) is 0 Å². The average Bonchev–Trinajstić information content (AvgIpc) is 2.68. The number of rotatable bonds is 3. The molecule has 0 saturated heterocycles. The first kappa shape index (κ1) is 11.6. The highest BCUT2D eigenvalue weighted by atomic mass is 19.1. The first-order valence-corrected chi connectivity index (χ1v) is 5.62. The van der Waals surface area contributed by atoms with E-state index in [1.165, 1.54) is 12.1 Å². The van der Waals surface area contributed by atoms with E-state index in [9.17, 15) is 9.18 Å². The fourth-order valence-corrected chi connectivity index (χ4v) is 1.68. The van der Waals surface area contributed by atoms with Crippen LogP contribution in [0.4, 0.5) is 4.39 Å². The highest BCUT2D eigenvalue weighted by molar-refractivity contribution is 6.06. The van der Waals surface area contributed by atoms with Gasteiger partial charge >= 0.3 is 0 Å². The summed E-state index contributed by atoms with van der Waals surface area (Å²) in [5.41, 5.74) is 1.19. The van der Waals surface area contributed by atoms with Gasteiger partial charge in [-0.05, 0) is 24.1 Å². The van der Waals surface area contributed by atoms with Crippen molar-refractivity contribution in [3.8, 4) is 0 Å². The Morgan fingerprint density at radius 2 is 2.24 bits per heavy atom. The Balaban J connectivity index is 2.27. The lowest BCUT2D eigenvalue weighted by Crippen LogP contribution is -2.27. The van der Waals surface area contributed by atoms with Crippen molar-refractivity contribution >= 4 is 16.8 Å². The predicted molar refractivity (Wildman–Crippen MR) is 65.4 cm³/mol. The van der Waals surface area contributed by atoms with Crippen molar-refractivity contribution in [2.45, 2.75) is 13.8 Å². The molecule has 4 heteroatoms. The van der Waals surface area contributed by atoms with Crippen LogP contribution in [0.3, 0.4) is 0 Å². The summed E-state index contributed by atoms with van der Waals surface area (Å²) in [5.74, 6) is -0.0355. The summed E-state index contributed by atoms with van der Waals surface area (Å²) in [5, 5.41) is 3.58. The van der Waals surface area contributed by atoms with Crippen molar-refractivity contribution in [2.24, 2.45) is 5.92 Å². The largest absolute Gasteiger partial charge is 0.360 e. The van der Waals surface area contributed by atoms with Crippen LogP contribution in [0.25, 0.3) is 10.9 Å². The number of hydrogen-bond acceptors (Lipinski definition) is 1. The Kier molecular flexibility index (Phi) is 3.13. The lowest BCUT2D eigenvalue weighted by atomic mass is 10.1. The third-order valence-electron chi connectivity index (χ3n) is 2.56. The molecule has 0 aliphatic carbocycles. The molecule has 0 saturated carbocycles. The van der Waals surface area contributed by atoms with Crippen LogP contribution in [0.2, 0.25) is 0 Å². The first-order chi connectivity index (χ1) is 8.08. The van der Waals surface area contributed by atoms with Crippen LogP contribution in [0.15, 0.2) is 24.4 Å². The van der Waals surface area contributed by atoms with Crippen LogP contribution in [-0.4, -0.2) is 17.4 Å². The Hall–Kier alpha value is -1.84. The van der Waals surface area contributed by atoms with E-state index in [0.717, 1.165) is 5.39 Å². The van der Waals surface area contributed by atoms with E-state index >= 15 is 0 Å². The number of benzene rings is 1. The monoisotopic (exact) mass is 234 g/mol. The van der Waals surface area contributed by atoms with Crippen LogP contribution in [0.1, 0.15) is 24.2 Å². The number of fused-ring (bicyclic) bond motifs is 1. The molecule has 0 bridgehead atoms. The standard InChI is InChI=1S/C13H15FN2O/c1-8(2)6-16-13(17)11-7-15-12-5-9(14)3-4-10(11)12/h3-5,7-8,15H,6H2,1-2H3,(H,16,17). The Bertz CT molecular complexity index is 545. The number of aromatic nitrogens is 1. The van der Waals surface area contributed by atoms with Crippen molar-refractivity contribution < 1.29 is 9.18 Å². The second-order valence-electron chi connectivity index (χ2n) is 4.50. The minimum atomic E-state index is -0.312. The molecule has 0 radical (unpaired) electrons. The maximum atomic E-state index is 13.0. The molecular weight excluding hydrogens is 219 g/mol. The molecular formula is C13H15FN2O. The topological polar surface area (TPSA) is 44.9 Å². The molecule has 0 aliphatic rings. The van der Waals surface area contributed by atoms with E-state index in [4.69, 9.17) is 0 Å². The Morgan fingerprint density at radius 3 is 2.94 bits per heavy atom. The minimum Gasteiger partial charge on any atom is -0.360 e. The van der Waals surface area contributed by atoms with Gasteiger partial charge in [0, 0.05) is 23.6 Å². The van der Waals surface area contributed by atoms with E-state index in [0.29, 0.717) is 23.5 Å². The molecule has 0 atom stereocenters. The molecule has 1 amide bonds. The summed E-state index contributed by atoms with van der Waals surface area (Å²) in [7, 11) is 0. The maximum Gasteiger partial charge on any atom is 0.253 e. The van der Waals surface area contributed by atoms with Crippen molar-refractivity contribution in [3.63, 3.8) is 0 Å². The molecule has 2 aromatic rings. The molecule has 2 N–H and O–H groups in total. The summed E-state index contributed by atoms with van der Waals surface area (Å²) in [6.45, 7) is 4.70. The van der Waals surface area contributed by atoms with E-state index in [2.05, 4.69) is 10.3 Å². The van der Waals surface area contributed by atoms with Gasteiger partial charge in [0.2, 0.25) is 0 Å². The van der Waals surface area contributed by atoms with Crippen LogP contribution in [0, 0.1) is 11.7 Å². The summed E-state index contributed by atoms with van der Waals surface area (Å²) < 4.78 is 13.0. The number of hydrogen-bond donors (Lipinski definition) is 2. The zero-order chi connectivity index (χ0) is 12.4. The highest BCUT2D eigenvalue weighted by Gasteiger charge is 2.12. The Morgan fingerprint density at radius 1 is 1.47 bits per heavy atom. The van der Waals surface area contributed by atoms with Gasteiger partial charge in [-0.3, -0.25) is 4.79 Å². The lowest BCUT2D eigenvalue weighted by Gasteiger charge is -2.06. The molecule has 3 nitrogen and oxygen atoms in total. The van der Waals surface area contributed by atoms with Crippen LogP contribution >= 0.6 is 0 Å². The molecule has 1 heterocycles. The second kappa shape index (κ2) is 4.57. The smallest absolute Gasteiger partial charge is 0.253 e. The average molecular weight is 234 g/mol. The zero-order valence-electron chi connectivity index (χ0n) is 9.88. The van der Waals surface area contributed by atoms with Gasteiger partial charge in [0.15, 0.2) is 0 Å². The third kappa shape index (κ3) is 2.46. The fourth-order valence-electron chi connectivity index (χ4n) is 1.68. The summed E-state index contributed by atoms with van der Waals surface area (Å²) in [6, 6.07) is 4.36. The number of carbonyl (C=O) groups excluding carboxylic acids is 1. The van der Waals surface area contributed by atoms with E-state index < -0.39 is 0 Å². The van der Waals surface area contributed by atoms with Gasteiger partial charge in [0.05, 0.1) is 5.56 Å². The van der Waals surface area contributed by atoms with Crippen molar-refractivity contribution in [3.05, 3.63) is 35.8 Å². The normalized spacial score (nSPS) is 11.1. The van der Waals surface area contributed by atoms with Crippen LogP contribution in [0.5, 0.6) is 0 Å². The fraction of sp³-hybridized carbons (Fsp3) is 0.308. The van der Waals surface area contributed by atoms with E-state index in [-0.39, 0.29) is 11.7 Å². The Labute approximate surface area is 99.0 Å². The van der Waals surface area contributed by atoms with Crippen molar-refractivity contribution in [1.82, 2.24) is 10.3 Å². The lowest BCUT2D eigenvalue weighted by molar-refractivity contribution is 0.0950. The summed E-state index contributed by atoms with van der Waals surface area (Å²) >= 11 is 0. The number of aromatic amines is 1. The number of carbonyl (C=O) groups is 1. The zero-order valence-corrected chi connectivity index (χ0v) is 9.88. The third-order valence-corrected chi connectivity index (χ3v) is 2.56. The van der Waals surface area contributed by atoms with E-state index in [1.54, 1.807) is 12.3 Å². The molecule has 0 fully saturated rings. The molecule has 1 aromatic heterocycles. The molecule has 2 rings (SSSR count). The SMILES string of the molecule is CC(C)CNC(=O)c1c[nH]c2cc(F)ccc12. The van der Waals surface area contributed by atoms with Crippen LogP contribution < -0.4 is 5.32 Å². The van der Waals surface area contributed by atoms with Gasteiger partial charge in [-0.1, -0.05) is 13.8 Å². The van der Waals surface area contributed by atoms with Crippen LogP contribution in [-0.2, 0) is 0 Å². The molecule has 17 heavy (non-hydrogen) atoms. The van der Waals surface area contributed by atoms with Gasteiger partial charge < -0.3 is 10.3 Å². The minimum absolute atomic E-state index is 0.128. The van der Waals surface area contributed by atoms with Gasteiger partial charge in [0.25, 0.3) is 5.91 Å². The maximum absolute atomic E-state index is 13.0. The first-order valence-electron chi connectivity index (χ1n) is 5.62. The molecule has 0 spiro atoms. The molecule has 0 aliphatic heterocycles. The van der Waals surface area contributed by atoms with Crippen molar-refractivity contribution in [1.29, 1.82) is 0 Å². The van der Waals surface area contributed by atoms with Gasteiger partial charge in [0.1, 0.15) is 5.82 Å². The van der Waals surface area contributed by atoms with E-state index in [1.807, 2.05) is 13.8 Å². The number of amides is 1. The van der Waals surface area contributed by atoms with Gasteiger partial charge in [-0.15, -0.1) is 0 Å². The van der Waals surface area contributed by atoms with Gasteiger partial charge in [-0.25, -0.2) is 4.39 Å². The quantitative estimate of drug-likeness (QED) is 0.842. The number of halogens is 1. The van der Waals surface area contributed by atoms with Crippen molar-refractivity contribution in [2.75, 3.05) is 6.54 Å². The summed E-state index contributed by atoms with van der Waals surface area (Å²) in [6.07, 6.45) is 1.61. The molecule has 1 aromatic carbocycles. The summed E-state index contributed by atoms with van der Waals surface area (Å²) in [4.78, 5) is 14.8. The second-order valence-corrected chi connectivity index (χ2v) is 4.50. The number of H-pyrrole nitrogens is 1. The number of nitrogens with one attached hydrogen (secondary N) is 2.